The van der Waals surface area contributed by atoms with Crippen LogP contribution in [0, 0.1) is 19.7 Å². The number of nitrogens with zero attached hydrogens (tertiary/aromatic N) is 4. The molecule has 3 aromatic rings. The van der Waals surface area contributed by atoms with Gasteiger partial charge >= 0.3 is 0 Å². The van der Waals surface area contributed by atoms with Gasteiger partial charge in [0.15, 0.2) is 20.8 Å². The van der Waals surface area contributed by atoms with Crippen LogP contribution in [0.1, 0.15) is 39.9 Å². The summed E-state index contributed by atoms with van der Waals surface area (Å²) in [6.07, 6.45) is 0.546. The largest absolute Gasteiger partial charge is 0.318 e. The maximum Gasteiger partial charge on any atom is 0.191 e. The highest BCUT2D eigenvalue weighted by atomic mass is 32.2. The van der Waals surface area contributed by atoms with Gasteiger partial charge in [0, 0.05) is 35.6 Å². The Labute approximate surface area is 184 Å². The fraction of sp³-hybridized carbons (Fsp3) is 0.381. The topological polar surface area (TPSA) is 86.9 Å². The van der Waals surface area contributed by atoms with Crippen LogP contribution in [0.5, 0.6) is 0 Å². The lowest BCUT2D eigenvalue weighted by Gasteiger charge is -2.10. The van der Waals surface area contributed by atoms with Crippen LogP contribution < -0.4 is 0 Å². The van der Waals surface area contributed by atoms with Crippen LogP contribution in [-0.2, 0) is 16.9 Å². The number of ketones is 1. The van der Waals surface area contributed by atoms with Crippen LogP contribution in [-0.4, -0.2) is 50.8 Å². The number of hydrogen-bond donors (Lipinski definition) is 0. The normalized spacial score (nSPS) is 17.9. The number of Topliss-reactive ketones (excluding diaryl/α,β-unsaturated/α-hetero) is 1. The Balaban J connectivity index is 1.50. The molecule has 1 atom stereocenters. The van der Waals surface area contributed by atoms with Crippen LogP contribution in [0.2, 0.25) is 0 Å². The molecule has 164 valence electrons. The molecule has 0 spiro atoms. The molecule has 31 heavy (non-hydrogen) atoms. The summed E-state index contributed by atoms with van der Waals surface area (Å²) in [5, 5.41) is 8.91. The zero-order chi connectivity index (χ0) is 22.3. The van der Waals surface area contributed by atoms with E-state index in [0.717, 1.165) is 11.4 Å². The molecule has 1 unspecified atom stereocenters. The summed E-state index contributed by atoms with van der Waals surface area (Å²) >= 11 is 1.27. The van der Waals surface area contributed by atoms with Gasteiger partial charge in [-0.2, -0.15) is 0 Å². The molecular formula is C21H23FN4O3S2. The minimum atomic E-state index is -3.01. The smallest absolute Gasteiger partial charge is 0.191 e. The number of benzene rings is 1. The maximum atomic E-state index is 13.7. The first kappa shape index (κ1) is 21.8. The van der Waals surface area contributed by atoms with Gasteiger partial charge in [-0.15, -0.1) is 10.2 Å². The molecule has 1 saturated heterocycles. The fourth-order valence-corrected chi connectivity index (χ4v) is 6.61. The second-order valence-electron chi connectivity index (χ2n) is 7.81. The highest BCUT2D eigenvalue weighted by molar-refractivity contribution is 7.99. The minimum absolute atomic E-state index is 0.0613. The summed E-state index contributed by atoms with van der Waals surface area (Å²) in [6.45, 7) is 3.73. The maximum absolute atomic E-state index is 13.7. The van der Waals surface area contributed by atoms with E-state index in [1.165, 1.54) is 23.9 Å². The van der Waals surface area contributed by atoms with Crippen molar-refractivity contribution in [2.45, 2.75) is 31.3 Å². The number of aromatic nitrogens is 4. The molecule has 10 heteroatoms. The molecule has 7 nitrogen and oxygen atoms in total. The van der Waals surface area contributed by atoms with E-state index in [1.807, 2.05) is 24.5 Å². The van der Waals surface area contributed by atoms with Crippen LogP contribution >= 0.6 is 11.8 Å². The average Bonchev–Trinajstić information content (AvgIpc) is 3.34. The molecule has 0 amide bonds. The van der Waals surface area contributed by atoms with Gasteiger partial charge in [-0.25, -0.2) is 12.8 Å². The van der Waals surface area contributed by atoms with E-state index >= 15 is 0 Å². The number of thioether (sulfide) groups is 1. The summed E-state index contributed by atoms with van der Waals surface area (Å²) in [5.74, 6) is 0.525. The standard InChI is InChI=1S/C21H23FN4O3S2/c1-13-9-18(14(2)26(13)17-6-4-5-16(22)10-17)19(27)11-30-21-24-23-20(25(21)3)15-7-8-31(28,29)12-15/h4-6,9-10,15H,7-8,11-12H2,1-3H3. The molecule has 1 aliphatic heterocycles. The van der Waals surface area contributed by atoms with Crippen LogP contribution in [0.4, 0.5) is 4.39 Å². The predicted octanol–water partition coefficient (Wildman–Crippen LogP) is 3.24. The van der Waals surface area contributed by atoms with Gasteiger partial charge in [-0.3, -0.25) is 4.79 Å². The van der Waals surface area contributed by atoms with E-state index in [4.69, 9.17) is 0 Å². The van der Waals surface area contributed by atoms with E-state index in [1.54, 1.807) is 23.7 Å². The van der Waals surface area contributed by atoms with Crippen molar-refractivity contribution in [2.24, 2.45) is 7.05 Å². The summed E-state index contributed by atoms with van der Waals surface area (Å²) in [5.41, 5.74) is 2.85. The monoisotopic (exact) mass is 462 g/mol. The van der Waals surface area contributed by atoms with E-state index in [2.05, 4.69) is 10.2 Å². The average molecular weight is 463 g/mol. The third kappa shape index (κ3) is 4.31. The zero-order valence-corrected chi connectivity index (χ0v) is 19.1. The molecular weight excluding hydrogens is 439 g/mol. The Morgan fingerprint density at radius 2 is 2.03 bits per heavy atom. The van der Waals surface area contributed by atoms with E-state index in [0.29, 0.717) is 28.7 Å². The van der Waals surface area contributed by atoms with Gasteiger partial charge in [-0.1, -0.05) is 17.8 Å². The highest BCUT2D eigenvalue weighted by Crippen LogP contribution is 2.30. The molecule has 4 rings (SSSR count). The minimum Gasteiger partial charge on any atom is -0.318 e. The Morgan fingerprint density at radius 3 is 2.71 bits per heavy atom. The molecule has 1 fully saturated rings. The third-order valence-corrected chi connectivity index (χ3v) is 8.38. The number of hydrogen-bond acceptors (Lipinski definition) is 6. The first-order valence-corrected chi connectivity index (χ1v) is 12.7. The third-order valence-electron chi connectivity index (χ3n) is 5.60. The molecule has 0 bridgehead atoms. The number of aryl methyl sites for hydroxylation is 1. The lowest BCUT2D eigenvalue weighted by atomic mass is 10.1. The lowest BCUT2D eigenvalue weighted by molar-refractivity contribution is 0.102. The van der Waals surface area contributed by atoms with Crippen molar-refractivity contribution >= 4 is 27.4 Å². The van der Waals surface area contributed by atoms with Crippen molar-refractivity contribution in [3.8, 4) is 5.69 Å². The van der Waals surface area contributed by atoms with Gasteiger partial charge < -0.3 is 9.13 Å². The first-order chi connectivity index (χ1) is 14.7. The number of carbonyl (C=O) groups is 1. The Kier molecular flexibility index (Phi) is 5.78. The van der Waals surface area contributed by atoms with Crippen LogP contribution in [0.3, 0.4) is 0 Å². The first-order valence-electron chi connectivity index (χ1n) is 9.87. The number of halogens is 1. The Morgan fingerprint density at radius 1 is 1.26 bits per heavy atom. The van der Waals surface area contributed by atoms with Crippen LogP contribution in [0.15, 0.2) is 35.5 Å². The summed E-state index contributed by atoms with van der Waals surface area (Å²) < 4.78 is 40.8. The molecule has 0 aliphatic carbocycles. The van der Waals surface area contributed by atoms with Gasteiger partial charge in [0.25, 0.3) is 0 Å². The van der Waals surface area contributed by atoms with Crippen molar-refractivity contribution in [2.75, 3.05) is 17.3 Å². The van der Waals surface area contributed by atoms with Crippen LogP contribution in [0.25, 0.3) is 5.69 Å². The molecule has 0 N–H and O–H groups in total. The number of sulfone groups is 1. The fourth-order valence-electron chi connectivity index (χ4n) is 4.07. The molecule has 0 radical (unpaired) electrons. The van der Waals surface area contributed by atoms with E-state index in [-0.39, 0.29) is 34.8 Å². The quantitative estimate of drug-likeness (QED) is 0.413. The second-order valence-corrected chi connectivity index (χ2v) is 11.0. The van der Waals surface area contributed by atoms with Crippen molar-refractivity contribution < 1.29 is 17.6 Å². The highest BCUT2D eigenvalue weighted by Gasteiger charge is 2.32. The number of rotatable bonds is 6. The molecule has 3 heterocycles. The molecule has 0 saturated carbocycles. The summed E-state index contributed by atoms with van der Waals surface area (Å²) in [4.78, 5) is 12.9. The molecule has 1 aliphatic rings. The molecule has 1 aromatic carbocycles. The van der Waals surface area contributed by atoms with Crippen molar-refractivity contribution in [3.63, 3.8) is 0 Å². The Hall–Kier alpha value is -2.46. The molecule has 2 aromatic heterocycles. The van der Waals surface area contributed by atoms with Crippen molar-refractivity contribution in [3.05, 3.63) is 58.9 Å². The van der Waals surface area contributed by atoms with Crippen molar-refractivity contribution in [1.29, 1.82) is 0 Å². The zero-order valence-electron chi connectivity index (χ0n) is 17.5. The predicted molar refractivity (Wildman–Crippen MR) is 117 cm³/mol. The van der Waals surface area contributed by atoms with E-state index < -0.39 is 9.84 Å². The van der Waals surface area contributed by atoms with Gasteiger partial charge in [-0.05, 0) is 44.5 Å². The second kappa shape index (κ2) is 8.23. The van der Waals surface area contributed by atoms with Gasteiger partial charge in [0.2, 0.25) is 0 Å². The van der Waals surface area contributed by atoms with Gasteiger partial charge in [0.1, 0.15) is 11.6 Å². The van der Waals surface area contributed by atoms with Gasteiger partial charge in [0.05, 0.1) is 17.3 Å². The summed E-state index contributed by atoms with van der Waals surface area (Å²) in [6, 6.07) is 8.08. The summed E-state index contributed by atoms with van der Waals surface area (Å²) in [7, 11) is -1.22. The number of carbonyl (C=O) groups excluding carboxylic acids is 1. The van der Waals surface area contributed by atoms with Crippen molar-refractivity contribution in [1.82, 2.24) is 19.3 Å². The SMILES string of the molecule is Cc1cc(C(=O)CSc2nnc(C3CCS(=O)(=O)C3)n2C)c(C)n1-c1cccc(F)c1. The lowest BCUT2D eigenvalue weighted by Crippen LogP contribution is -2.10. The Bertz CT molecular complexity index is 1260. The van der Waals surface area contributed by atoms with E-state index in [9.17, 15) is 17.6 Å².